The highest BCUT2D eigenvalue weighted by Gasteiger charge is 2.08. The average molecular weight is 187 g/mol. The largest absolute Gasteiger partial charge is 0.356 e. The van der Waals surface area contributed by atoms with Gasteiger partial charge in [-0.3, -0.25) is 0 Å². The molecule has 0 saturated heterocycles. The molecule has 2 heteroatoms. The molecule has 0 fully saturated rings. The van der Waals surface area contributed by atoms with Gasteiger partial charge >= 0.3 is 0 Å². The molecular formula is C12H13NO. The maximum absolute atomic E-state index is 5.15. The molecule has 72 valence electrons. The summed E-state index contributed by atoms with van der Waals surface area (Å²) in [6.45, 7) is 6.36. The summed E-state index contributed by atoms with van der Waals surface area (Å²) >= 11 is 0. The second-order valence-corrected chi connectivity index (χ2v) is 3.56. The van der Waals surface area contributed by atoms with Crippen molar-refractivity contribution in [2.45, 2.75) is 20.8 Å². The number of nitrogens with zero attached hydrogens (tertiary/aromatic N) is 1. The molecule has 0 aliphatic heterocycles. The van der Waals surface area contributed by atoms with Gasteiger partial charge in [-0.15, -0.1) is 0 Å². The highest BCUT2D eigenvalue weighted by Crippen LogP contribution is 2.26. The smallest absolute Gasteiger partial charge is 0.167 e. The Balaban J connectivity index is 2.61. The lowest BCUT2D eigenvalue weighted by atomic mass is 9.98. The summed E-state index contributed by atoms with van der Waals surface area (Å²) in [7, 11) is 0. The van der Waals surface area contributed by atoms with E-state index in [2.05, 4.69) is 38.1 Å². The first-order valence-electron chi connectivity index (χ1n) is 4.68. The molecule has 0 amide bonds. The quantitative estimate of drug-likeness (QED) is 0.684. The van der Waals surface area contributed by atoms with E-state index in [-0.39, 0.29) is 0 Å². The molecule has 14 heavy (non-hydrogen) atoms. The Labute approximate surface area is 83.5 Å². The van der Waals surface area contributed by atoms with Crippen LogP contribution in [-0.2, 0) is 0 Å². The topological polar surface area (TPSA) is 26.0 Å². The fraction of sp³-hybridized carbons (Fsp3) is 0.250. The Morgan fingerprint density at radius 3 is 2.43 bits per heavy atom. The molecule has 0 aliphatic carbocycles. The molecule has 1 heterocycles. The molecule has 0 saturated carbocycles. The number of rotatable bonds is 1. The Morgan fingerprint density at radius 2 is 1.79 bits per heavy atom. The summed E-state index contributed by atoms with van der Waals surface area (Å²) in [6, 6.07) is 6.08. The molecule has 2 nitrogen and oxygen atoms in total. The number of benzene rings is 1. The predicted molar refractivity (Wildman–Crippen MR) is 56.2 cm³/mol. The van der Waals surface area contributed by atoms with Gasteiger partial charge in [0.05, 0.1) is 6.20 Å². The molecule has 0 radical (unpaired) electrons. The summed E-state index contributed by atoms with van der Waals surface area (Å²) in [5, 5.41) is 3.72. The fourth-order valence-corrected chi connectivity index (χ4v) is 1.58. The van der Waals surface area contributed by atoms with Crippen molar-refractivity contribution in [3.63, 3.8) is 0 Å². The van der Waals surface area contributed by atoms with Crippen LogP contribution in [0, 0.1) is 20.8 Å². The monoisotopic (exact) mass is 187 g/mol. The van der Waals surface area contributed by atoms with Crippen molar-refractivity contribution in [3.8, 4) is 11.3 Å². The normalized spacial score (nSPS) is 10.5. The first-order valence-corrected chi connectivity index (χ1v) is 4.68. The molecule has 0 unspecified atom stereocenters. The van der Waals surface area contributed by atoms with Crippen LogP contribution in [0.3, 0.4) is 0 Å². The highest BCUT2D eigenvalue weighted by molar-refractivity contribution is 5.64. The van der Waals surface area contributed by atoms with E-state index in [1.807, 2.05) is 6.07 Å². The van der Waals surface area contributed by atoms with Gasteiger partial charge in [0.2, 0.25) is 0 Å². The zero-order chi connectivity index (χ0) is 10.1. The SMILES string of the molecule is Cc1ccc(-c2ccno2)c(C)c1C. The van der Waals surface area contributed by atoms with Gasteiger partial charge in [0.15, 0.2) is 5.76 Å². The summed E-state index contributed by atoms with van der Waals surface area (Å²) in [5.74, 6) is 0.839. The van der Waals surface area contributed by atoms with E-state index in [4.69, 9.17) is 4.52 Å². The maximum Gasteiger partial charge on any atom is 0.167 e. The Hall–Kier alpha value is -1.57. The molecule has 1 aromatic heterocycles. The van der Waals surface area contributed by atoms with Crippen molar-refractivity contribution in [1.82, 2.24) is 5.16 Å². The van der Waals surface area contributed by atoms with Crippen molar-refractivity contribution >= 4 is 0 Å². The van der Waals surface area contributed by atoms with Gasteiger partial charge in [-0.05, 0) is 37.5 Å². The molecule has 2 aromatic rings. The van der Waals surface area contributed by atoms with E-state index in [1.54, 1.807) is 6.20 Å². The summed E-state index contributed by atoms with van der Waals surface area (Å²) < 4.78 is 5.15. The van der Waals surface area contributed by atoms with Crippen molar-refractivity contribution in [1.29, 1.82) is 0 Å². The summed E-state index contributed by atoms with van der Waals surface area (Å²) in [6.07, 6.45) is 1.67. The third kappa shape index (κ3) is 1.33. The minimum absolute atomic E-state index is 0.839. The van der Waals surface area contributed by atoms with Crippen LogP contribution in [0.1, 0.15) is 16.7 Å². The second-order valence-electron chi connectivity index (χ2n) is 3.56. The number of hydrogen-bond acceptors (Lipinski definition) is 2. The lowest BCUT2D eigenvalue weighted by Gasteiger charge is -2.08. The van der Waals surface area contributed by atoms with Crippen molar-refractivity contribution in [2.75, 3.05) is 0 Å². The number of hydrogen-bond donors (Lipinski definition) is 0. The van der Waals surface area contributed by atoms with Gasteiger partial charge in [0.1, 0.15) is 0 Å². The van der Waals surface area contributed by atoms with Gasteiger partial charge < -0.3 is 4.52 Å². The highest BCUT2D eigenvalue weighted by atomic mass is 16.5. The first-order chi connectivity index (χ1) is 6.70. The minimum atomic E-state index is 0.839. The van der Waals surface area contributed by atoms with E-state index >= 15 is 0 Å². The predicted octanol–water partition coefficient (Wildman–Crippen LogP) is 3.27. The van der Waals surface area contributed by atoms with Gasteiger partial charge in [0.25, 0.3) is 0 Å². The van der Waals surface area contributed by atoms with E-state index < -0.39 is 0 Å². The van der Waals surface area contributed by atoms with Crippen LogP contribution in [0.5, 0.6) is 0 Å². The number of aryl methyl sites for hydroxylation is 1. The molecule has 0 atom stereocenters. The van der Waals surface area contributed by atoms with Crippen LogP contribution in [0.15, 0.2) is 28.9 Å². The average Bonchev–Trinajstić information content (AvgIpc) is 2.67. The lowest BCUT2D eigenvalue weighted by Crippen LogP contribution is -1.89. The Bertz CT molecular complexity index is 444. The Morgan fingerprint density at radius 1 is 1.00 bits per heavy atom. The maximum atomic E-state index is 5.15. The van der Waals surface area contributed by atoms with Gasteiger partial charge in [0, 0.05) is 11.6 Å². The minimum Gasteiger partial charge on any atom is -0.356 e. The second kappa shape index (κ2) is 3.29. The van der Waals surface area contributed by atoms with Crippen molar-refractivity contribution in [2.24, 2.45) is 0 Å². The zero-order valence-electron chi connectivity index (χ0n) is 8.66. The summed E-state index contributed by atoms with van der Waals surface area (Å²) in [5.41, 5.74) is 5.03. The summed E-state index contributed by atoms with van der Waals surface area (Å²) in [4.78, 5) is 0. The molecule has 0 bridgehead atoms. The molecule has 0 N–H and O–H groups in total. The van der Waals surface area contributed by atoms with Crippen LogP contribution < -0.4 is 0 Å². The van der Waals surface area contributed by atoms with Crippen LogP contribution >= 0.6 is 0 Å². The Kier molecular flexibility index (Phi) is 2.12. The lowest BCUT2D eigenvalue weighted by molar-refractivity contribution is 0.432. The van der Waals surface area contributed by atoms with Gasteiger partial charge in [-0.2, -0.15) is 0 Å². The fourth-order valence-electron chi connectivity index (χ4n) is 1.58. The third-order valence-corrected chi connectivity index (χ3v) is 2.76. The molecule has 0 spiro atoms. The zero-order valence-corrected chi connectivity index (χ0v) is 8.66. The van der Waals surface area contributed by atoms with Crippen LogP contribution in [0.4, 0.5) is 0 Å². The van der Waals surface area contributed by atoms with Gasteiger partial charge in [-0.1, -0.05) is 17.3 Å². The third-order valence-electron chi connectivity index (χ3n) is 2.76. The van der Waals surface area contributed by atoms with E-state index in [0.29, 0.717) is 0 Å². The van der Waals surface area contributed by atoms with Crippen molar-refractivity contribution < 1.29 is 4.52 Å². The molecule has 2 rings (SSSR count). The van der Waals surface area contributed by atoms with Crippen molar-refractivity contribution in [3.05, 3.63) is 41.1 Å². The van der Waals surface area contributed by atoms with E-state index in [9.17, 15) is 0 Å². The van der Waals surface area contributed by atoms with Crippen LogP contribution in [0.25, 0.3) is 11.3 Å². The van der Waals surface area contributed by atoms with E-state index in [1.165, 1.54) is 16.7 Å². The molecular weight excluding hydrogens is 174 g/mol. The molecule has 1 aromatic carbocycles. The standard InChI is InChI=1S/C12H13NO/c1-8-4-5-11(10(3)9(8)2)12-6-7-13-14-12/h4-7H,1-3H3. The first kappa shape index (κ1) is 9.00. The van der Waals surface area contributed by atoms with Crippen LogP contribution in [0.2, 0.25) is 0 Å². The van der Waals surface area contributed by atoms with Gasteiger partial charge in [-0.25, -0.2) is 0 Å². The van der Waals surface area contributed by atoms with Crippen LogP contribution in [-0.4, -0.2) is 5.16 Å². The van der Waals surface area contributed by atoms with E-state index in [0.717, 1.165) is 11.3 Å². The molecule has 0 aliphatic rings. The number of aromatic nitrogens is 1.